The quantitative estimate of drug-likeness (QED) is 0.789. The van der Waals surface area contributed by atoms with Crippen molar-refractivity contribution in [3.63, 3.8) is 0 Å². The number of pyridine rings is 1. The predicted molar refractivity (Wildman–Crippen MR) is 71.9 cm³/mol. The molecule has 2 aromatic rings. The van der Waals surface area contributed by atoms with Gasteiger partial charge in [0, 0.05) is 29.7 Å². The second-order valence-corrected chi connectivity index (χ2v) is 4.96. The van der Waals surface area contributed by atoms with Crippen LogP contribution >= 0.6 is 11.6 Å². The molecule has 1 aromatic carbocycles. The molecule has 18 heavy (non-hydrogen) atoms. The lowest BCUT2D eigenvalue weighted by atomic mass is 10.1. The van der Waals surface area contributed by atoms with Crippen LogP contribution in [0.25, 0.3) is 10.9 Å². The van der Waals surface area contributed by atoms with Crippen molar-refractivity contribution in [3.8, 4) is 0 Å². The minimum absolute atomic E-state index is 0.0993. The van der Waals surface area contributed by atoms with Crippen molar-refractivity contribution >= 4 is 28.4 Å². The van der Waals surface area contributed by atoms with Crippen LogP contribution in [0, 0.1) is 0 Å². The summed E-state index contributed by atoms with van der Waals surface area (Å²) in [4.78, 5) is 18.6. The molecule has 1 aliphatic rings. The van der Waals surface area contributed by atoms with Gasteiger partial charge in [0.05, 0.1) is 11.1 Å². The van der Waals surface area contributed by atoms with Crippen LogP contribution in [0.5, 0.6) is 0 Å². The number of amides is 1. The van der Waals surface area contributed by atoms with Crippen molar-refractivity contribution < 1.29 is 4.79 Å². The number of carbonyl (C=O) groups is 1. The summed E-state index contributed by atoms with van der Waals surface area (Å²) in [6.45, 7) is 1.71. The van der Waals surface area contributed by atoms with Crippen molar-refractivity contribution in [2.24, 2.45) is 0 Å². The van der Waals surface area contributed by atoms with Gasteiger partial charge in [-0.15, -0.1) is 0 Å². The lowest BCUT2D eigenvalue weighted by Crippen LogP contribution is -2.27. The third kappa shape index (κ3) is 1.95. The van der Waals surface area contributed by atoms with Gasteiger partial charge in [0.25, 0.3) is 5.91 Å². The van der Waals surface area contributed by atoms with E-state index in [0.29, 0.717) is 5.02 Å². The topological polar surface area (TPSA) is 33.2 Å². The Hall–Kier alpha value is -1.61. The number of aromatic nitrogens is 1. The molecule has 2 heterocycles. The van der Waals surface area contributed by atoms with Crippen molar-refractivity contribution in [2.75, 3.05) is 13.1 Å². The Bertz CT molecular complexity index is 606. The first kappa shape index (κ1) is 11.5. The summed E-state index contributed by atoms with van der Waals surface area (Å²) >= 11 is 5.94. The first-order valence-corrected chi connectivity index (χ1v) is 6.47. The molecular weight excluding hydrogens is 248 g/mol. The van der Waals surface area contributed by atoms with Gasteiger partial charge in [-0.1, -0.05) is 17.7 Å². The maximum Gasteiger partial charge on any atom is 0.254 e. The maximum absolute atomic E-state index is 12.4. The van der Waals surface area contributed by atoms with Gasteiger partial charge in [-0.25, -0.2) is 0 Å². The number of nitrogens with zero attached hydrogens (tertiary/aromatic N) is 2. The molecule has 1 aromatic heterocycles. The monoisotopic (exact) mass is 260 g/mol. The van der Waals surface area contributed by atoms with Crippen molar-refractivity contribution in [3.05, 3.63) is 41.0 Å². The molecule has 4 heteroatoms. The molecule has 0 atom stereocenters. The third-order valence-corrected chi connectivity index (χ3v) is 3.56. The summed E-state index contributed by atoms with van der Waals surface area (Å²) in [7, 11) is 0. The van der Waals surface area contributed by atoms with E-state index in [9.17, 15) is 4.79 Å². The zero-order valence-electron chi connectivity index (χ0n) is 9.90. The third-order valence-electron chi connectivity index (χ3n) is 3.33. The number of likely N-dealkylation sites (tertiary alicyclic amines) is 1. The fraction of sp³-hybridized carbons (Fsp3) is 0.286. The van der Waals surface area contributed by atoms with Crippen molar-refractivity contribution in [1.82, 2.24) is 9.88 Å². The summed E-state index contributed by atoms with van der Waals surface area (Å²) in [5, 5.41) is 1.51. The molecule has 1 saturated heterocycles. The van der Waals surface area contributed by atoms with E-state index in [1.807, 2.05) is 11.0 Å². The predicted octanol–water partition coefficient (Wildman–Crippen LogP) is 3.12. The molecular formula is C14H13ClN2O. The minimum atomic E-state index is 0.0993. The Morgan fingerprint density at radius 3 is 2.78 bits per heavy atom. The zero-order valence-corrected chi connectivity index (χ0v) is 10.7. The van der Waals surface area contributed by atoms with E-state index in [1.165, 1.54) is 0 Å². The molecule has 1 amide bonds. The van der Waals surface area contributed by atoms with Crippen LogP contribution in [0.3, 0.4) is 0 Å². The highest BCUT2D eigenvalue weighted by Crippen LogP contribution is 2.23. The number of benzene rings is 1. The van der Waals surface area contributed by atoms with E-state index < -0.39 is 0 Å². The fourth-order valence-electron chi connectivity index (χ4n) is 2.40. The highest BCUT2D eigenvalue weighted by Gasteiger charge is 2.21. The summed E-state index contributed by atoms with van der Waals surface area (Å²) in [5.41, 5.74) is 1.49. The van der Waals surface area contributed by atoms with Crippen LogP contribution in [0.2, 0.25) is 5.02 Å². The average Bonchev–Trinajstić information content (AvgIpc) is 2.90. The smallest absolute Gasteiger partial charge is 0.254 e. The molecule has 0 aliphatic carbocycles. The molecule has 0 radical (unpaired) electrons. The largest absolute Gasteiger partial charge is 0.339 e. The van der Waals surface area contributed by atoms with Crippen LogP contribution in [-0.2, 0) is 0 Å². The van der Waals surface area contributed by atoms with Crippen molar-refractivity contribution in [1.29, 1.82) is 0 Å². The molecule has 3 rings (SSSR count). The summed E-state index contributed by atoms with van der Waals surface area (Å²) < 4.78 is 0. The molecule has 0 saturated carbocycles. The normalized spacial score (nSPS) is 15.3. The fourth-order valence-corrected chi connectivity index (χ4v) is 2.56. The molecule has 0 N–H and O–H groups in total. The first-order chi connectivity index (χ1) is 8.75. The lowest BCUT2D eigenvalue weighted by molar-refractivity contribution is 0.0794. The molecule has 0 bridgehead atoms. The van der Waals surface area contributed by atoms with Crippen LogP contribution in [0.15, 0.2) is 30.5 Å². The maximum atomic E-state index is 12.4. The Morgan fingerprint density at radius 2 is 2.00 bits per heavy atom. The number of hydrogen-bond donors (Lipinski definition) is 0. The van der Waals surface area contributed by atoms with Gasteiger partial charge in [0.2, 0.25) is 0 Å². The number of halogens is 1. The molecule has 1 aliphatic heterocycles. The van der Waals surface area contributed by atoms with E-state index in [1.54, 1.807) is 24.4 Å². The van der Waals surface area contributed by atoms with Gasteiger partial charge < -0.3 is 4.90 Å². The number of rotatable bonds is 1. The molecule has 92 valence electrons. The Balaban J connectivity index is 2.08. The van der Waals surface area contributed by atoms with Crippen molar-refractivity contribution in [2.45, 2.75) is 12.8 Å². The van der Waals surface area contributed by atoms with E-state index >= 15 is 0 Å². The summed E-state index contributed by atoms with van der Waals surface area (Å²) in [6, 6.07) is 7.24. The Morgan fingerprint density at radius 1 is 1.22 bits per heavy atom. The zero-order chi connectivity index (χ0) is 12.5. The standard InChI is InChI=1S/C14H13ClN2O/c15-10-3-4-11-12(5-6-16-13(11)9-10)14(18)17-7-1-2-8-17/h3-6,9H,1-2,7-8H2. The average molecular weight is 261 g/mol. The van der Waals surface area contributed by atoms with Crippen LogP contribution < -0.4 is 0 Å². The highest BCUT2D eigenvalue weighted by atomic mass is 35.5. The van der Waals surface area contributed by atoms with Gasteiger partial charge in [-0.2, -0.15) is 0 Å². The molecule has 3 nitrogen and oxygen atoms in total. The summed E-state index contributed by atoms with van der Waals surface area (Å²) in [5.74, 6) is 0.0993. The first-order valence-electron chi connectivity index (χ1n) is 6.09. The Kier molecular flexibility index (Phi) is 2.92. The van der Waals surface area contributed by atoms with Gasteiger partial charge in [0.15, 0.2) is 0 Å². The van der Waals surface area contributed by atoms with E-state index in [0.717, 1.165) is 42.4 Å². The van der Waals surface area contributed by atoms with Gasteiger partial charge in [-0.05, 0) is 31.0 Å². The van der Waals surface area contributed by atoms with Gasteiger partial charge in [-0.3, -0.25) is 9.78 Å². The summed E-state index contributed by atoms with van der Waals surface area (Å²) in [6.07, 6.45) is 3.86. The highest BCUT2D eigenvalue weighted by molar-refractivity contribution is 6.31. The minimum Gasteiger partial charge on any atom is -0.339 e. The van der Waals surface area contributed by atoms with Gasteiger partial charge in [0.1, 0.15) is 0 Å². The molecule has 1 fully saturated rings. The van der Waals surface area contributed by atoms with Crippen LogP contribution in [-0.4, -0.2) is 28.9 Å². The second kappa shape index (κ2) is 4.58. The number of fused-ring (bicyclic) bond motifs is 1. The van der Waals surface area contributed by atoms with E-state index in [-0.39, 0.29) is 5.91 Å². The van der Waals surface area contributed by atoms with Crippen LogP contribution in [0.4, 0.5) is 0 Å². The van der Waals surface area contributed by atoms with Crippen LogP contribution in [0.1, 0.15) is 23.2 Å². The SMILES string of the molecule is O=C(c1ccnc2cc(Cl)ccc12)N1CCCC1. The van der Waals surface area contributed by atoms with Gasteiger partial charge >= 0.3 is 0 Å². The molecule has 0 spiro atoms. The number of carbonyl (C=O) groups excluding carboxylic acids is 1. The van der Waals surface area contributed by atoms with E-state index in [2.05, 4.69) is 4.98 Å². The van der Waals surface area contributed by atoms with E-state index in [4.69, 9.17) is 11.6 Å². The number of hydrogen-bond acceptors (Lipinski definition) is 2. The molecule has 0 unspecified atom stereocenters. The Labute approximate surface area is 110 Å². The lowest BCUT2D eigenvalue weighted by Gasteiger charge is -2.16. The second-order valence-electron chi connectivity index (χ2n) is 4.52.